The van der Waals surface area contributed by atoms with E-state index >= 15 is 0 Å². The Morgan fingerprint density at radius 2 is 2.00 bits per heavy atom. The van der Waals surface area contributed by atoms with E-state index in [1.165, 1.54) is 12.3 Å². The summed E-state index contributed by atoms with van der Waals surface area (Å²) in [5, 5.41) is 10.5. The van der Waals surface area contributed by atoms with E-state index in [0.29, 0.717) is 22.0 Å². The average Bonchev–Trinajstić information content (AvgIpc) is 2.59. The second kappa shape index (κ2) is 8.87. The van der Waals surface area contributed by atoms with Gasteiger partial charge in [-0.25, -0.2) is 9.78 Å². The van der Waals surface area contributed by atoms with Gasteiger partial charge in [-0.2, -0.15) is 0 Å². The molecule has 2 aromatic rings. The second-order valence-electron chi connectivity index (χ2n) is 6.45. The molecule has 0 aromatic carbocycles. The zero-order valence-electron chi connectivity index (χ0n) is 15.6. The number of nitrogens with zero attached hydrogens (tertiary/aromatic N) is 2. The van der Waals surface area contributed by atoms with E-state index in [1.54, 1.807) is 24.5 Å². The summed E-state index contributed by atoms with van der Waals surface area (Å²) in [6.45, 7) is 7.19. The van der Waals surface area contributed by atoms with Crippen LogP contribution in [0.2, 0.25) is 10.2 Å². The second-order valence-corrected chi connectivity index (χ2v) is 7.22. The summed E-state index contributed by atoms with van der Waals surface area (Å²) in [6.07, 6.45) is 1.40. The first-order valence-electron chi connectivity index (χ1n) is 8.58. The van der Waals surface area contributed by atoms with Crippen LogP contribution in [0, 0.1) is 12.8 Å². The number of aliphatic hydroxyl groups excluding tert-OH is 1. The van der Waals surface area contributed by atoms with Gasteiger partial charge in [0.15, 0.2) is 5.43 Å². The number of hydrogen-bond acceptors (Lipinski definition) is 5. The number of pyridine rings is 2. The number of hydrogen-bond donors (Lipinski definition) is 1. The molecular formula is C19H22Cl2N2O4. The van der Waals surface area contributed by atoms with E-state index in [0.717, 1.165) is 0 Å². The van der Waals surface area contributed by atoms with Gasteiger partial charge in [0, 0.05) is 17.8 Å². The van der Waals surface area contributed by atoms with Crippen molar-refractivity contribution in [3.8, 4) is 11.3 Å². The first kappa shape index (κ1) is 21.4. The van der Waals surface area contributed by atoms with Crippen LogP contribution in [0.4, 0.5) is 0 Å². The third-order valence-corrected chi connectivity index (χ3v) is 4.94. The van der Waals surface area contributed by atoms with Crippen molar-refractivity contribution in [2.75, 3.05) is 13.2 Å². The predicted octanol–water partition coefficient (Wildman–Crippen LogP) is 3.89. The number of aromatic nitrogens is 2. The average molecular weight is 413 g/mol. The summed E-state index contributed by atoms with van der Waals surface area (Å²) in [7, 11) is 0. The summed E-state index contributed by atoms with van der Waals surface area (Å²) < 4.78 is 6.63. The molecule has 2 aromatic heterocycles. The predicted molar refractivity (Wildman–Crippen MR) is 106 cm³/mol. The Balaban J connectivity index is 2.80. The van der Waals surface area contributed by atoms with Crippen molar-refractivity contribution in [1.82, 2.24) is 9.55 Å². The molecule has 6 nitrogen and oxygen atoms in total. The van der Waals surface area contributed by atoms with Crippen molar-refractivity contribution in [2.45, 2.75) is 33.7 Å². The molecule has 0 bridgehead atoms. The highest BCUT2D eigenvalue weighted by Gasteiger charge is 2.23. The van der Waals surface area contributed by atoms with Crippen LogP contribution in [-0.2, 0) is 4.74 Å². The topological polar surface area (TPSA) is 81.4 Å². The van der Waals surface area contributed by atoms with Gasteiger partial charge in [0.25, 0.3) is 0 Å². The highest BCUT2D eigenvalue weighted by molar-refractivity contribution is 6.34. The molecule has 146 valence electrons. The monoisotopic (exact) mass is 412 g/mol. The number of ether oxygens (including phenoxy) is 1. The summed E-state index contributed by atoms with van der Waals surface area (Å²) in [4.78, 5) is 28.9. The molecule has 2 heterocycles. The van der Waals surface area contributed by atoms with Crippen molar-refractivity contribution >= 4 is 29.2 Å². The quantitative estimate of drug-likeness (QED) is 0.574. The zero-order valence-corrected chi connectivity index (χ0v) is 17.1. The van der Waals surface area contributed by atoms with Crippen LogP contribution >= 0.6 is 23.2 Å². The van der Waals surface area contributed by atoms with Crippen LogP contribution in [0.5, 0.6) is 0 Å². The molecule has 0 aliphatic rings. The molecule has 0 saturated heterocycles. The van der Waals surface area contributed by atoms with Crippen molar-refractivity contribution in [1.29, 1.82) is 0 Å². The molecule has 0 saturated carbocycles. The molecule has 0 aliphatic heterocycles. The fourth-order valence-corrected chi connectivity index (χ4v) is 3.18. The van der Waals surface area contributed by atoms with Gasteiger partial charge in [-0.05, 0) is 25.8 Å². The van der Waals surface area contributed by atoms with Crippen LogP contribution < -0.4 is 5.43 Å². The lowest BCUT2D eigenvalue weighted by Gasteiger charge is -2.26. The van der Waals surface area contributed by atoms with Crippen molar-refractivity contribution in [3.63, 3.8) is 0 Å². The van der Waals surface area contributed by atoms with Gasteiger partial charge < -0.3 is 14.4 Å². The van der Waals surface area contributed by atoms with E-state index in [-0.39, 0.29) is 29.8 Å². The number of rotatable bonds is 6. The minimum absolute atomic E-state index is 0.0129. The van der Waals surface area contributed by atoms with E-state index in [2.05, 4.69) is 4.98 Å². The Labute approximate surface area is 167 Å². The van der Waals surface area contributed by atoms with E-state index in [1.807, 2.05) is 13.8 Å². The molecular weight excluding hydrogens is 391 g/mol. The first-order valence-corrected chi connectivity index (χ1v) is 9.34. The Kier molecular flexibility index (Phi) is 7.03. The lowest BCUT2D eigenvalue weighted by Crippen LogP contribution is -2.26. The molecule has 0 amide bonds. The molecule has 0 spiro atoms. The van der Waals surface area contributed by atoms with Gasteiger partial charge in [0.2, 0.25) is 0 Å². The minimum Gasteiger partial charge on any atom is -0.462 e. The SMILES string of the molecule is CCOC(=O)c1cn(C(CO)C(C)C)c(-c2cc(Cl)c(C)nc2Cl)cc1=O. The third-order valence-electron chi connectivity index (χ3n) is 4.27. The van der Waals surface area contributed by atoms with Gasteiger partial charge in [-0.15, -0.1) is 0 Å². The van der Waals surface area contributed by atoms with E-state index in [4.69, 9.17) is 27.9 Å². The Bertz CT molecular complexity index is 909. The van der Waals surface area contributed by atoms with E-state index < -0.39 is 17.4 Å². The Morgan fingerprint density at radius 1 is 1.33 bits per heavy atom. The van der Waals surface area contributed by atoms with Gasteiger partial charge >= 0.3 is 5.97 Å². The fourth-order valence-electron chi connectivity index (χ4n) is 2.75. The zero-order chi connectivity index (χ0) is 20.3. The molecule has 1 atom stereocenters. The summed E-state index contributed by atoms with van der Waals surface area (Å²) in [6, 6.07) is 2.52. The van der Waals surface area contributed by atoms with Gasteiger partial charge in [-0.1, -0.05) is 37.0 Å². The van der Waals surface area contributed by atoms with Crippen LogP contribution in [-0.4, -0.2) is 33.8 Å². The maximum atomic E-state index is 12.6. The van der Waals surface area contributed by atoms with Gasteiger partial charge in [0.05, 0.1) is 35.7 Å². The summed E-state index contributed by atoms with van der Waals surface area (Å²) in [5.74, 6) is -0.701. The largest absolute Gasteiger partial charge is 0.462 e. The number of halogens is 2. The van der Waals surface area contributed by atoms with Crippen LogP contribution in [0.1, 0.15) is 42.9 Å². The third kappa shape index (κ3) is 4.51. The molecule has 1 N–H and O–H groups in total. The Morgan fingerprint density at radius 3 is 2.56 bits per heavy atom. The summed E-state index contributed by atoms with van der Waals surface area (Å²) >= 11 is 12.5. The molecule has 0 radical (unpaired) electrons. The molecule has 8 heteroatoms. The molecule has 0 aliphatic carbocycles. The first-order chi connectivity index (χ1) is 12.7. The molecule has 1 unspecified atom stereocenters. The maximum Gasteiger partial charge on any atom is 0.343 e. The molecule has 2 rings (SSSR count). The van der Waals surface area contributed by atoms with Crippen LogP contribution in [0.3, 0.4) is 0 Å². The highest BCUT2D eigenvalue weighted by Crippen LogP contribution is 2.33. The standard InChI is InChI=1S/C19H22Cl2N2O4/c1-5-27-19(26)13-8-23(16(9-24)10(2)3)15(7-17(13)25)12-6-14(20)11(4)22-18(12)21/h6-8,10,16,24H,5,9H2,1-4H3. The van der Waals surface area contributed by atoms with E-state index in [9.17, 15) is 14.7 Å². The molecule has 27 heavy (non-hydrogen) atoms. The van der Waals surface area contributed by atoms with Crippen molar-refractivity contribution in [2.24, 2.45) is 5.92 Å². The van der Waals surface area contributed by atoms with Crippen molar-refractivity contribution < 1.29 is 14.6 Å². The smallest absolute Gasteiger partial charge is 0.343 e. The number of aryl methyl sites for hydroxylation is 1. The lowest BCUT2D eigenvalue weighted by atomic mass is 10.0. The Hall–Kier alpha value is -1.89. The number of carbonyl (C=O) groups excluding carboxylic acids is 1. The van der Waals surface area contributed by atoms with Crippen LogP contribution in [0.25, 0.3) is 11.3 Å². The van der Waals surface area contributed by atoms with Gasteiger partial charge in [0.1, 0.15) is 10.7 Å². The fraction of sp³-hybridized carbons (Fsp3) is 0.421. The van der Waals surface area contributed by atoms with Gasteiger partial charge in [-0.3, -0.25) is 4.79 Å². The number of aliphatic hydroxyl groups is 1. The van der Waals surface area contributed by atoms with Crippen molar-refractivity contribution in [3.05, 3.63) is 50.0 Å². The van der Waals surface area contributed by atoms with Crippen LogP contribution in [0.15, 0.2) is 23.1 Å². The molecule has 0 fully saturated rings. The number of esters is 1. The normalized spacial score (nSPS) is 12.3. The number of carbonyl (C=O) groups is 1. The lowest BCUT2D eigenvalue weighted by molar-refractivity contribution is 0.0523. The highest BCUT2D eigenvalue weighted by atomic mass is 35.5. The minimum atomic E-state index is -0.714. The maximum absolute atomic E-state index is 12.6. The summed E-state index contributed by atoms with van der Waals surface area (Å²) in [5.41, 5.74) is 0.805.